The maximum Gasteiger partial charge on any atom is 0.288 e. The minimum absolute atomic E-state index is 0.131. The quantitative estimate of drug-likeness (QED) is 0.349. The van der Waals surface area contributed by atoms with Gasteiger partial charge in [0.15, 0.2) is 0 Å². The number of hydrogen-bond acceptors (Lipinski definition) is 5. The van der Waals surface area contributed by atoms with Crippen LogP contribution in [0.2, 0.25) is 0 Å². The molecule has 0 radical (unpaired) electrons. The number of rotatable bonds is 3. The number of amides is 1. The van der Waals surface area contributed by atoms with Crippen LogP contribution in [0.1, 0.15) is 18.9 Å². The van der Waals surface area contributed by atoms with Crippen molar-refractivity contribution in [1.29, 1.82) is 0 Å². The van der Waals surface area contributed by atoms with Crippen molar-refractivity contribution in [1.82, 2.24) is 10.3 Å². The fourth-order valence-electron chi connectivity index (χ4n) is 1.12. The number of nitrogens with zero attached hydrogens (tertiary/aromatic N) is 2. The van der Waals surface area contributed by atoms with E-state index < -0.39 is 4.92 Å². The highest BCUT2D eigenvalue weighted by Gasteiger charge is 2.08. The highest BCUT2D eigenvalue weighted by atomic mass is 16.6. The fraction of sp³-hybridized carbons (Fsp3) is 0.273. The number of pyridine rings is 1. The minimum Gasteiger partial charge on any atom is -0.383 e. The molecule has 0 bridgehead atoms. The zero-order valence-electron chi connectivity index (χ0n) is 9.77. The van der Waals surface area contributed by atoms with Crippen LogP contribution in [0.15, 0.2) is 12.3 Å². The van der Waals surface area contributed by atoms with Gasteiger partial charge in [-0.3, -0.25) is 14.9 Å². The molecule has 1 heterocycles. The molecule has 0 aliphatic heterocycles. The second-order valence-electron chi connectivity index (χ2n) is 3.42. The number of carbonyl (C=O) groups is 1. The van der Waals surface area contributed by atoms with Gasteiger partial charge in [-0.2, -0.15) is 0 Å². The van der Waals surface area contributed by atoms with Gasteiger partial charge in [0.2, 0.25) is 5.91 Å². The first-order valence-corrected chi connectivity index (χ1v) is 5.14. The second kappa shape index (κ2) is 6.20. The lowest BCUT2D eigenvalue weighted by Gasteiger charge is -1.97. The van der Waals surface area contributed by atoms with Crippen molar-refractivity contribution in [3.63, 3.8) is 0 Å². The van der Waals surface area contributed by atoms with Gasteiger partial charge in [-0.05, 0) is 0 Å². The smallest absolute Gasteiger partial charge is 0.288 e. The van der Waals surface area contributed by atoms with Gasteiger partial charge >= 0.3 is 0 Å². The molecular formula is C11H12N4O3. The molecule has 7 nitrogen and oxygen atoms in total. The second-order valence-corrected chi connectivity index (χ2v) is 3.42. The average Bonchev–Trinajstić information content (AvgIpc) is 2.30. The number of hydrogen-bond donors (Lipinski definition) is 2. The summed E-state index contributed by atoms with van der Waals surface area (Å²) in [5.41, 5.74) is 5.70. The van der Waals surface area contributed by atoms with Crippen LogP contribution in [-0.2, 0) is 4.79 Å². The Balaban J connectivity index is 2.71. The molecule has 1 aromatic rings. The highest BCUT2D eigenvalue weighted by Crippen LogP contribution is 2.15. The summed E-state index contributed by atoms with van der Waals surface area (Å²) in [5.74, 6) is 5.46. The van der Waals surface area contributed by atoms with Crippen molar-refractivity contribution < 1.29 is 9.72 Å². The SMILES string of the molecule is CC(=O)NCCC#Cc1cc([N+](=O)[O-])cnc1N. The van der Waals surface area contributed by atoms with E-state index in [1.165, 1.54) is 13.0 Å². The molecule has 0 saturated carbocycles. The van der Waals surface area contributed by atoms with E-state index in [-0.39, 0.29) is 17.4 Å². The molecule has 0 saturated heterocycles. The van der Waals surface area contributed by atoms with Crippen LogP contribution in [-0.4, -0.2) is 22.4 Å². The van der Waals surface area contributed by atoms with Gasteiger partial charge in [-0.25, -0.2) is 4.98 Å². The third kappa shape index (κ3) is 4.09. The van der Waals surface area contributed by atoms with Crippen LogP contribution in [0, 0.1) is 22.0 Å². The molecule has 0 spiro atoms. The Bertz CT molecular complexity index is 531. The average molecular weight is 248 g/mol. The third-order valence-corrected chi connectivity index (χ3v) is 1.96. The van der Waals surface area contributed by atoms with Crippen LogP contribution in [0.5, 0.6) is 0 Å². The Morgan fingerprint density at radius 3 is 3.00 bits per heavy atom. The molecule has 0 atom stereocenters. The molecule has 0 aliphatic rings. The molecule has 1 aromatic heterocycles. The fourth-order valence-corrected chi connectivity index (χ4v) is 1.12. The summed E-state index contributed by atoms with van der Waals surface area (Å²) in [6.07, 6.45) is 1.51. The molecule has 0 aromatic carbocycles. The van der Waals surface area contributed by atoms with Crippen molar-refractivity contribution in [2.24, 2.45) is 0 Å². The van der Waals surface area contributed by atoms with E-state index in [0.29, 0.717) is 18.5 Å². The van der Waals surface area contributed by atoms with Crippen molar-refractivity contribution in [3.8, 4) is 11.8 Å². The summed E-state index contributed by atoms with van der Waals surface area (Å²) in [5, 5.41) is 13.1. The number of nitrogens with one attached hydrogen (secondary N) is 1. The molecule has 0 unspecified atom stereocenters. The number of nitrogens with two attached hydrogens (primary N) is 1. The van der Waals surface area contributed by atoms with Crippen LogP contribution in [0.25, 0.3) is 0 Å². The zero-order valence-corrected chi connectivity index (χ0v) is 9.77. The summed E-state index contributed by atoms with van der Waals surface area (Å²) in [6.45, 7) is 1.83. The molecule has 0 fully saturated rings. The molecule has 3 N–H and O–H groups in total. The first-order valence-electron chi connectivity index (χ1n) is 5.14. The van der Waals surface area contributed by atoms with Crippen molar-refractivity contribution in [2.75, 3.05) is 12.3 Å². The van der Waals surface area contributed by atoms with E-state index in [2.05, 4.69) is 22.1 Å². The predicted molar refractivity (Wildman–Crippen MR) is 65.5 cm³/mol. The van der Waals surface area contributed by atoms with Crippen LogP contribution >= 0.6 is 0 Å². The highest BCUT2D eigenvalue weighted by molar-refractivity contribution is 5.72. The largest absolute Gasteiger partial charge is 0.383 e. The monoisotopic (exact) mass is 248 g/mol. The first kappa shape index (κ1) is 13.4. The summed E-state index contributed by atoms with van der Waals surface area (Å²) >= 11 is 0. The van der Waals surface area contributed by atoms with Gasteiger partial charge in [0.25, 0.3) is 5.69 Å². The van der Waals surface area contributed by atoms with E-state index in [1.807, 2.05) is 0 Å². The summed E-state index contributed by atoms with van der Waals surface area (Å²) in [7, 11) is 0. The number of aromatic nitrogens is 1. The van der Waals surface area contributed by atoms with Gasteiger partial charge in [-0.1, -0.05) is 11.8 Å². The summed E-state index contributed by atoms with van der Waals surface area (Å²) in [4.78, 5) is 24.3. The lowest BCUT2D eigenvalue weighted by Crippen LogP contribution is -2.20. The van der Waals surface area contributed by atoms with Crippen molar-refractivity contribution >= 4 is 17.4 Å². The Kier molecular flexibility index (Phi) is 4.63. The van der Waals surface area contributed by atoms with Crippen molar-refractivity contribution in [2.45, 2.75) is 13.3 Å². The van der Waals surface area contributed by atoms with Crippen LogP contribution in [0.4, 0.5) is 11.5 Å². The number of nitro groups is 1. The lowest BCUT2D eigenvalue weighted by atomic mass is 10.2. The zero-order chi connectivity index (χ0) is 13.5. The predicted octanol–water partition coefficient (Wildman–Crippen LogP) is 0.450. The maximum absolute atomic E-state index is 10.6. The van der Waals surface area contributed by atoms with E-state index in [9.17, 15) is 14.9 Å². The van der Waals surface area contributed by atoms with E-state index in [1.54, 1.807) is 0 Å². The number of nitrogen functional groups attached to an aromatic ring is 1. The topological polar surface area (TPSA) is 111 Å². The Morgan fingerprint density at radius 2 is 2.39 bits per heavy atom. The van der Waals surface area contributed by atoms with Gasteiger partial charge in [0, 0.05) is 26.0 Å². The summed E-state index contributed by atoms with van der Waals surface area (Å²) in [6, 6.07) is 1.27. The molecule has 0 aliphatic carbocycles. The van der Waals surface area contributed by atoms with Gasteiger partial charge in [0.05, 0.1) is 10.5 Å². The Labute approximate surface area is 104 Å². The third-order valence-electron chi connectivity index (χ3n) is 1.96. The lowest BCUT2D eigenvalue weighted by molar-refractivity contribution is -0.385. The minimum atomic E-state index is -0.561. The molecule has 94 valence electrons. The number of carbonyl (C=O) groups excluding carboxylic acids is 1. The maximum atomic E-state index is 10.6. The van der Waals surface area contributed by atoms with E-state index in [4.69, 9.17) is 5.73 Å². The standard InChI is InChI=1S/C11H12N4O3/c1-8(16)13-5-3-2-4-9-6-10(15(17)18)7-14-11(9)12/h6-7H,3,5H2,1H3,(H2,12,14)(H,13,16). The molecule has 7 heteroatoms. The van der Waals surface area contributed by atoms with Gasteiger partial charge in [-0.15, -0.1) is 0 Å². The van der Waals surface area contributed by atoms with Crippen molar-refractivity contribution in [3.05, 3.63) is 27.9 Å². The van der Waals surface area contributed by atoms with E-state index >= 15 is 0 Å². The van der Waals surface area contributed by atoms with E-state index in [0.717, 1.165) is 6.20 Å². The van der Waals surface area contributed by atoms with Crippen LogP contribution < -0.4 is 11.1 Å². The van der Waals surface area contributed by atoms with Crippen LogP contribution in [0.3, 0.4) is 0 Å². The van der Waals surface area contributed by atoms with Gasteiger partial charge < -0.3 is 11.1 Å². The molecule has 1 amide bonds. The first-order chi connectivity index (χ1) is 8.50. The molecule has 1 rings (SSSR count). The summed E-state index contributed by atoms with van der Waals surface area (Å²) < 4.78 is 0. The Morgan fingerprint density at radius 1 is 1.67 bits per heavy atom. The number of anilines is 1. The van der Waals surface area contributed by atoms with Gasteiger partial charge in [0.1, 0.15) is 12.0 Å². The molecule has 18 heavy (non-hydrogen) atoms. The Hall–Kier alpha value is -2.62. The normalized spacial score (nSPS) is 9.17. The molecular weight excluding hydrogens is 236 g/mol.